The number of benzene rings is 2. The van der Waals surface area contributed by atoms with Gasteiger partial charge in [0.2, 0.25) is 5.91 Å². The minimum Gasteiger partial charge on any atom is -0.384 e. The third-order valence-electron chi connectivity index (χ3n) is 5.47. The zero-order valence-electron chi connectivity index (χ0n) is 16.9. The van der Waals surface area contributed by atoms with Crippen LogP contribution in [-0.2, 0) is 22.4 Å². The number of carbonyl (C=O) groups is 1. The van der Waals surface area contributed by atoms with Gasteiger partial charge in [-0.2, -0.15) is 0 Å². The molecule has 1 aliphatic heterocycles. The standard InChI is InChI=1S/C24H32N2O2/c1-28-20-23-18-25(15-14-22-10-6-3-7-11-22)16-17-26(19-23)24(27)13-12-21-8-4-2-5-9-21/h2-11,23H,12-20H2,1H3/t23-/m0/s1. The topological polar surface area (TPSA) is 32.8 Å². The number of nitrogens with zero attached hydrogens (tertiary/aromatic N) is 2. The number of rotatable bonds is 8. The molecule has 4 heteroatoms. The molecule has 0 aliphatic carbocycles. The lowest BCUT2D eigenvalue weighted by molar-refractivity contribution is -0.131. The van der Waals surface area contributed by atoms with Crippen LogP contribution in [0.3, 0.4) is 0 Å². The van der Waals surface area contributed by atoms with E-state index < -0.39 is 0 Å². The number of amides is 1. The van der Waals surface area contributed by atoms with Crippen molar-refractivity contribution in [1.82, 2.24) is 9.80 Å². The number of hydrogen-bond acceptors (Lipinski definition) is 3. The molecule has 2 aromatic carbocycles. The highest BCUT2D eigenvalue weighted by atomic mass is 16.5. The Kier molecular flexibility index (Phi) is 8.07. The Morgan fingerprint density at radius 1 is 0.929 bits per heavy atom. The summed E-state index contributed by atoms with van der Waals surface area (Å²) in [6.07, 6.45) is 2.43. The van der Waals surface area contributed by atoms with Crippen molar-refractivity contribution in [2.75, 3.05) is 46.4 Å². The van der Waals surface area contributed by atoms with Crippen molar-refractivity contribution in [3.63, 3.8) is 0 Å². The van der Waals surface area contributed by atoms with Gasteiger partial charge in [0.05, 0.1) is 6.61 Å². The molecule has 0 N–H and O–H groups in total. The molecule has 0 unspecified atom stereocenters. The van der Waals surface area contributed by atoms with Gasteiger partial charge in [0.15, 0.2) is 0 Å². The third kappa shape index (κ3) is 6.47. The molecule has 1 heterocycles. The van der Waals surface area contributed by atoms with Crippen LogP contribution >= 0.6 is 0 Å². The Morgan fingerprint density at radius 2 is 1.57 bits per heavy atom. The number of hydrogen-bond donors (Lipinski definition) is 0. The first-order chi connectivity index (χ1) is 13.7. The van der Waals surface area contributed by atoms with E-state index in [-0.39, 0.29) is 5.91 Å². The molecule has 0 bridgehead atoms. The summed E-state index contributed by atoms with van der Waals surface area (Å²) in [4.78, 5) is 17.4. The van der Waals surface area contributed by atoms with E-state index in [0.717, 1.165) is 45.6 Å². The van der Waals surface area contributed by atoms with Crippen LogP contribution in [0.1, 0.15) is 17.5 Å². The van der Waals surface area contributed by atoms with Crippen molar-refractivity contribution >= 4 is 5.91 Å². The maximum Gasteiger partial charge on any atom is 0.222 e. The van der Waals surface area contributed by atoms with Gasteiger partial charge >= 0.3 is 0 Å². The normalized spacial score (nSPS) is 18.0. The molecule has 1 aliphatic rings. The van der Waals surface area contributed by atoms with Gasteiger partial charge < -0.3 is 14.5 Å². The minimum atomic E-state index is 0.259. The lowest BCUT2D eigenvalue weighted by Gasteiger charge is -2.24. The molecule has 3 rings (SSSR count). The molecule has 4 nitrogen and oxygen atoms in total. The number of carbonyl (C=O) groups excluding carboxylic acids is 1. The molecule has 2 aromatic rings. The molecule has 150 valence electrons. The Bertz CT molecular complexity index is 705. The van der Waals surface area contributed by atoms with Gasteiger partial charge in [-0.05, 0) is 24.0 Å². The molecular formula is C24H32N2O2. The van der Waals surface area contributed by atoms with E-state index in [2.05, 4.69) is 52.3 Å². The first kappa shape index (κ1) is 20.6. The molecule has 1 fully saturated rings. The van der Waals surface area contributed by atoms with Crippen molar-refractivity contribution in [2.24, 2.45) is 5.92 Å². The lowest BCUT2D eigenvalue weighted by atomic mass is 10.1. The summed E-state index contributed by atoms with van der Waals surface area (Å²) in [6.45, 7) is 5.25. The second-order valence-corrected chi connectivity index (χ2v) is 7.68. The van der Waals surface area contributed by atoms with Crippen LogP contribution in [0.5, 0.6) is 0 Å². The second-order valence-electron chi connectivity index (χ2n) is 7.68. The van der Waals surface area contributed by atoms with Crippen molar-refractivity contribution in [3.05, 3.63) is 71.8 Å². The van der Waals surface area contributed by atoms with Crippen molar-refractivity contribution in [2.45, 2.75) is 19.3 Å². The van der Waals surface area contributed by atoms with Gasteiger partial charge in [-0.1, -0.05) is 60.7 Å². The van der Waals surface area contributed by atoms with Crippen molar-refractivity contribution < 1.29 is 9.53 Å². The highest BCUT2D eigenvalue weighted by molar-refractivity contribution is 5.76. The molecule has 0 spiro atoms. The molecule has 1 amide bonds. The summed E-state index contributed by atoms with van der Waals surface area (Å²) in [5, 5.41) is 0. The quantitative estimate of drug-likeness (QED) is 0.705. The van der Waals surface area contributed by atoms with Crippen LogP contribution in [0.15, 0.2) is 60.7 Å². The van der Waals surface area contributed by atoms with Crippen molar-refractivity contribution in [3.8, 4) is 0 Å². The van der Waals surface area contributed by atoms with Gasteiger partial charge in [-0.15, -0.1) is 0 Å². The van der Waals surface area contributed by atoms with Gasteiger partial charge in [0.1, 0.15) is 0 Å². The van der Waals surface area contributed by atoms with Crippen LogP contribution < -0.4 is 0 Å². The van der Waals surface area contributed by atoms with Gasteiger partial charge in [0, 0.05) is 52.2 Å². The Balaban J connectivity index is 1.54. The summed E-state index contributed by atoms with van der Waals surface area (Å²) < 4.78 is 5.44. The molecule has 0 aromatic heterocycles. The van der Waals surface area contributed by atoms with Crippen LogP contribution in [0.4, 0.5) is 0 Å². The van der Waals surface area contributed by atoms with E-state index in [0.29, 0.717) is 18.9 Å². The average molecular weight is 381 g/mol. The summed E-state index contributed by atoms with van der Waals surface area (Å²) in [6, 6.07) is 20.9. The fourth-order valence-electron chi connectivity index (χ4n) is 3.94. The fraction of sp³-hybridized carbons (Fsp3) is 0.458. The molecule has 1 saturated heterocycles. The Morgan fingerprint density at radius 3 is 2.21 bits per heavy atom. The lowest BCUT2D eigenvalue weighted by Crippen LogP contribution is -2.37. The molecule has 0 saturated carbocycles. The number of methoxy groups -OCH3 is 1. The second kappa shape index (κ2) is 11.0. The van der Waals surface area contributed by atoms with E-state index in [9.17, 15) is 4.79 Å². The monoisotopic (exact) mass is 380 g/mol. The van der Waals surface area contributed by atoms with Crippen molar-refractivity contribution in [1.29, 1.82) is 0 Å². The number of ether oxygens (including phenoxy) is 1. The minimum absolute atomic E-state index is 0.259. The first-order valence-electron chi connectivity index (χ1n) is 10.3. The van der Waals surface area contributed by atoms with E-state index in [1.165, 1.54) is 11.1 Å². The van der Waals surface area contributed by atoms with Crippen LogP contribution in [0.25, 0.3) is 0 Å². The first-order valence-corrected chi connectivity index (χ1v) is 10.3. The Hall–Kier alpha value is -2.17. The maximum absolute atomic E-state index is 12.8. The van der Waals surface area contributed by atoms with Gasteiger partial charge in [-0.3, -0.25) is 4.79 Å². The van der Waals surface area contributed by atoms with Gasteiger partial charge in [-0.25, -0.2) is 0 Å². The van der Waals surface area contributed by atoms with E-state index in [4.69, 9.17) is 4.74 Å². The summed E-state index contributed by atoms with van der Waals surface area (Å²) in [7, 11) is 1.75. The van der Waals surface area contributed by atoms with Gasteiger partial charge in [0.25, 0.3) is 0 Å². The largest absolute Gasteiger partial charge is 0.384 e. The van der Waals surface area contributed by atoms with Crippen LogP contribution in [0.2, 0.25) is 0 Å². The maximum atomic E-state index is 12.8. The number of aryl methyl sites for hydroxylation is 1. The van der Waals surface area contributed by atoms with E-state index >= 15 is 0 Å². The highest BCUT2D eigenvalue weighted by Gasteiger charge is 2.25. The highest BCUT2D eigenvalue weighted by Crippen LogP contribution is 2.14. The summed E-state index contributed by atoms with van der Waals surface area (Å²) in [5.41, 5.74) is 2.59. The molecule has 1 atom stereocenters. The summed E-state index contributed by atoms with van der Waals surface area (Å²) in [5.74, 6) is 0.624. The van der Waals surface area contributed by atoms with E-state index in [1.54, 1.807) is 7.11 Å². The molecule has 0 radical (unpaired) electrons. The van der Waals surface area contributed by atoms with E-state index in [1.807, 2.05) is 18.2 Å². The van der Waals surface area contributed by atoms with Crippen LogP contribution in [0, 0.1) is 5.92 Å². The summed E-state index contributed by atoms with van der Waals surface area (Å²) >= 11 is 0. The zero-order chi connectivity index (χ0) is 19.6. The smallest absolute Gasteiger partial charge is 0.222 e. The average Bonchev–Trinajstić information content (AvgIpc) is 2.95. The van der Waals surface area contributed by atoms with Crippen LogP contribution in [-0.4, -0.2) is 62.1 Å². The molecule has 28 heavy (non-hydrogen) atoms. The fourth-order valence-corrected chi connectivity index (χ4v) is 3.94. The zero-order valence-corrected chi connectivity index (χ0v) is 16.9. The Labute approximate surface area is 169 Å². The predicted molar refractivity (Wildman–Crippen MR) is 113 cm³/mol. The third-order valence-corrected chi connectivity index (χ3v) is 5.47. The molecular weight excluding hydrogens is 348 g/mol. The predicted octanol–water partition coefficient (Wildman–Crippen LogP) is 3.27. The SMILES string of the molecule is COC[C@H]1CN(CCc2ccccc2)CCN(C(=O)CCc2ccccc2)C1.